The third-order valence-electron chi connectivity index (χ3n) is 4.40. The van der Waals surface area contributed by atoms with Gasteiger partial charge in [-0.15, -0.1) is 0 Å². The average Bonchev–Trinajstić information content (AvgIpc) is 2.73. The van der Waals surface area contributed by atoms with E-state index >= 15 is 0 Å². The number of rotatable bonds is 3. The molecule has 0 spiro atoms. The van der Waals surface area contributed by atoms with Crippen molar-refractivity contribution < 1.29 is 27.4 Å². The molecule has 3 aromatic rings. The lowest BCUT2D eigenvalue weighted by Gasteiger charge is -2.26. The van der Waals surface area contributed by atoms with Crippen LogP contribution in [0.25, 0.3) is 11.1 Å². The lowest BCUT2D eigenvalue weighted by atomic mass is 10.0. The summed E-state index contributed by atoms with van der Waals surface area (Å²) in [6.45, 7) is -0.0979. The zero-order valence-corrected chi connectivity index (χ0v) is 14.9. The van der Waals surface area contributed by atoms with Crippen molar-refractivity contribution >= 4 is 11.6 Å². The normalized spacial score (nSPS) is 15.6. The van der Waals surface area contributed by atoms with Crippen molar-refractivity contribution in [2.75, 3.05) is 11.9 Å². The van der Waals surface area contributed by atoms with E-state index in [0.29, 0.717) is 22.6 Å². The van der Waals surface area contributed by atoms with Crippen molar-refractivity contribution in [3.8, 4) is 22.6 Å². The number of hydrogen-bond acceptors (Lipinski definition) is 4. The number of ether oxygens (including phenoxy) is 2. The molecule has 1 aliphatic rings. The lowest BCUT2D eigenvalue weighted by molar-refractivity contribution is -0.137. The van der Waals surface area contributed by atoms with Crippen LogP contribution < -0.4 is 14.8 Å². The number of aromatic nitrogens is 1. The summed E-state index contributed by atoms with van der Waals surface area (Å²) in [5.41, 5.74) is -0.340. The van der Waals surface area contributed by atoms with Gasteiger partial charge in [0, 0.05) is 12.4 Å². The first-order chi connectivity index (χ1) is 13.9. The number of benzene rings is 2. The van der Waals surface area contributed by atoms with Gasteiger partial charge in [0.2, 0.25) is 6.10 Å². The molecule has 0 saturated carbocycles. The van der Waals surface area contributed by atoms with Gasteiger partial charge < -0.3 is 14.8 Å². The van der Waals surface area contributed by atoms with E-state index in [0.717, 1.165) is 6.07 Å². The summed E-state index contributed by atoms with van der Waals surface area (Å²) in [4.78, 5) is 16.4. The third-order valence-corrected chi connectivity index (χ3v) is 4.40. The molecule has 1 unspecified atom stereocenters. The SMILES string of the molecule is O=C(Nc1ccc(-c2ccncc2)cc1C(F)(F)F)C1COc2ccccc2O1. The monoisotopic (exact) mass is 400 g/mol. The Morgan fingerprint density at radius 3 is 2.45 bits per heavy atom. The number of hydrogen-bond donors (Lipinski definition) is 1. The summed E-state index contributed by atoms with van der Waals surface area (Å²) in [7, 11) is 0. The van der Waals surface area contributed by atoms with Gasteiger partial charge in [0.25, 0.3) is 5.91 Å². The van der Waals surface area contributed by atoms with Gasteiger partial charge in [0.05, 0.1) is 11.3 Å². The van der Waals surface area contributed by atoms with Crippen LogP contribution >= 0.6 is 0 Å². The van der Waals surface area contributed by atoms with Crippen LogP contribution in [0.1, 0.15) is 5.56 Å². The lowest BCUT2D eigenvalue weighted by Crippen LogP contribution is -2.40. The molecule has 0 saturated heterocycles. The predicted molar refractivity (Wildman–Crippen MR) is 99.7 cm³/mol. The summed E-state index contributed by atoms with van der Waals surface area (Å²) in [6.07, 6.45) is -2.72. The Morgan fingerprint density at radius 2 is 1.72 bits per heavy atom. The molecule has 1 amide bonds. The highest BCUT2D eigenvalue weighted by molar-refractivity contribution is 5.95. The van der Waals surface area contributed by atoms with Crippen LogP contribution in [0.3, 0.4) is 0 Å². The van der Waals surface area contributed by atoms with Gasteiger partial charge >= 0.3 is 6.18 Å². The molecule has 4 rings (SSSR count). The number of alkyl halides is 3. The Morgan fingerprint density at radius 1 is 1.00 bits per heavy atom. The van der Waals surface area contributed by atoms with Crippen LogP contribution in [-0.2, 0) is 11.0 Å². The van der Waals surface area contributed by atoms with Gasteiger partial charge in [-0.1, -0.05) is 18.2 Å². The Kier molecular flexibility index (Phi) is 4.84. The van der Waals surface area contributed by atoms with E-state index in [4.69, 9.17) is 9.47 Å². The molecule has 29 heavy (non-hydrogen) atoms. The van der Waals surface area contributed by atoms with Crippen LogP contribution in [-0.4, -0.2) is 23.6 Å². The Bertz CT molecular complexity index is 1040. The molecular weight excluding hydrogens is 385 g/mol. The third kappa shape index (κ3) is 4.01. The fourth-order valence-corrected chi connectivity index (χ4v) is 2.97. The summed E-state index contributed by atoms with van der Waals surface area (Å²) >= 11 is 0. The second-order valence-corrected chi connectivity index (χ2v) is 6.35. The highest BCUT2D eigenvalue weighted by Gasteiger charge is 2.35. The molecule has 1 aliphatic heterocycles. The quantitative estimate of drug-likeness (QED) is 0.701. The standard InChI is InChI=1S/C21H15F3N2O3/c22-21(23,24)15-11-14(13-7-9-25-10-8-13)5-6-16(15)26-20(27)19-12-28-17-3-1-2-4-18(17)29-19/h1-11,19H,12H2,(H,26,27). The number of amides is 1. The maximum absolute atomic E-state index is 13.6. The Balaban J connectivity index is 1.59. The Labute approximate surface area is 164 Å². The Hall–Kier alpha value is -3.55. The van der Waals surface area contributed by atoms with E-state index in [1.54, 1.807) is 36.4 Å². The van der Waals surface area contributed by atoms with Crippen molar-refractivity contribution in [3.05, 3.63) is 72.6 Å². The molecule has 0 bridgehead atoms. The molecule has 1 N–H and O–H groups in total. The molecule has 0 radical (unpaired) electrons. The minimum Gasteiger partial charge on any atom is -0.485 e. The van der Waals surface area contributed by atoms with Crippen molar-refractivity contribution in [3.63, 3.8) is 0 Å². The maximum Gasteiger partial charge on any atom is 0.418 e. The summed E-state index contributed by atoms with van der Waals surface area (Å²) in [5, 5.41) is 2.32. The first-order valence-electron chi connectivity index (χ1n) is 8.73. The number of fused-ring (bicyclic) bond motifs is 1. The molecule has 148 valence electrons. The van der Waals surface area contributed by atoms with Gasteiger partial charge in [-0.3, -0.25) is 9.78 Å². The maximum atomic E-state index is 13.6. The second-order valence-electron chi connectivity index (χ2n) is 6.35. The van der Waals surface area contributed by atoms with Crippen LogP contribution in [0.5, 0.6) is 11.5 Å². The zero-order valence-electron chi connectivity index (χ0n) is 14.9. The van der Waals surface area contributed by atoms with Gasteiger partial charge in [-0.2, -0.15) is 13.2 Å². The fraction of sp³-hybridized carbons (Fsp3) is 0.143. The fourth-order valence-electron chi connectivity index (χ4n) is 2.97. The van der Waals surface area contributed by atoms with E-state index in [2.05, 4.69) is 10.3 Å². The average molecular weight is 400 g/mol. The molecule has 5 nitrogen and oxygen atoms in total. The number of nitrogens with zero attached hydrogens (tertiary/aromatic N) is 1. The minimum absolute atomic E-state index is 0.0979. The number of halogens is 3. The van der Waals surface area contributed by atoms with Crippen LogP contribution in [0.2, 0.25) is 0 Å². The van der Waals surface area contributed by atoms with E-state index in [1.807, 2.05) is 0 Å². The molecule has 0 fully saturated rings. The van der Waals surface area contributed by atoms with Crippen molar-refractivity contribution in [2.45, 2.75) is 12.3 Å². The first-order valence-corrected chi connectivity index (χ1v) is 8.73. The topological polar surface area (TPSA) is 60.5 Å². The van der Waals surface area contributed by atoms with E-state index in [-0.39, 0.29) is 12.3 Å². The highest BCUT2D eigenvalue weighted by Crippen LogP contribution is 2.38. The number of carbonyl (C=O) groups excluding carboxylic acids is 1. The smallest absolute Gasteiger partial charge is 0.418 e. The van der Waals surface area contributed by atoms with Crippen molar-refractivity contribution in [2.24, 2.45) is 0 Å². The predicted octanol–water partition coefficient (Wildman–Crippen LogP) is 4.55. The summed E-state index contributed by atoms with van der Waals surface area (Å²) in [6, 6.07) is 13.7. The summed E-state index contributed by atoms with van der Waals surface area (Å²) < 4.78 is 51.9. The molecule has 2 heterocycles. The molecule has 1 aromatic heterocycles. The number of anilines is 1. The van der Waals surface area contributed by atoms with Gasteiger partial charge in [0.15, 0.2) is 11.5 Å². The van der Waals surface area contributed by atoms with Crippen molar-refractivity contribution in [1.82, 2.24) is 4.98 Å². The number of pyridine rings is 1. The van der Waals surface area contributed by atoms with Gasteiger partial charge in [-0.05, 0) is 47.5 Å². The molecular formula is C21H15F3N2O3. The minimum atomic E-state index is -4.65. The summed E-state index contributed by atoms with van der Waals surface area (Å²) in [5.74, 6) is 0.124. The molecule has 8 heteroatoms. The van der Waals surface area contributed by atoms with E-state index < -0.39 is 23.8 Å². The van der Waals surface area contributed by atoms with E-state index in [1.165, 1.54) is 24.5 Å². The zero-order chi connectivity index (χ0) is 20.4. The molecule has 1 atom stereocenters. The highest BCUT2D eigenvalue weighted by atomic mass is 19.4. The number of para-hydroxylation sites is 2. The second kappa shape index (κ2) is 7.46. The van der Waals surface area contributed by atoms with Crippen molar-refractivity contribution in [1.29, 1.82) is 0 Å². The first kappa shape index (κ1) is 18.8. The molecule has 2 aromatic carbocycles. The van der Waals surface area contributed by atoms with Crippen LogP contribution in [0, 0.1) is 0 Å². The largest absolute Gasteiger partial charge is 0.485 e. The number of nitrogens with one attached hydrogen (secondary N) is 1. The number of carbonyl (C=O) groups is 1. The molecule has 0 aliphatic carbocycles. The van der Waals surface area contributed by atoms with Crippen LogP contribution in [0.4, 0.5) is 18.9 Å². The van der Waals surface area contributed by atoms with Gasteiger partial charge in [0.1, 0.15) is 6.61 Å². The van der Waals surface area contributed by atoms with Crippen LogP contribution in [0.15, 0.2) is 67.0 Å². The van der Waals surface area contributed by atoms with Gasteiger partial charge in [-0.25, -0.2) is 0 Å². The van der Waals surface area contributed by atoms with E-state index in [9.17, 15) is 18.0 Å².